The van der Waals surface area contributed by atoms with Crippen LogP contribution in [0.1, 0.15) is 19.3 Å². The molecule has 0 amide bonds. The Kier molecular flexibility index (Phi) is 2.81. The highest BCUT2D eigenvalue weighted by molar-refractivity contribution is 5.67. The Labute approximate surface area is 60.0 Å². The van der Waals surface area contributed by atoms with E-state index in [9.17, 15) is 9.18 Å². The van der Waals surface area contributed by atoms with Crippen LogP contribution in [0.2, 0.25) is 0 Å². The quantitative estimate of drug-likeness (QED) is 0.551. The van der Waals surface area contributed by atoms with Gasteiger partial charge in [0.25, 0.3) is 0 Å². The summed E-state index contributed by atoms with van der Waals surface area (Å²) in [6, 6.07) is -1.19. The number of carbonyl (C=O) groups is 1. The molecule has 0 aliphatic carbocycles. The molecule has 1 rings (SSSR count). The van der Waals surface area contributed by atoms with Crippen molar-refractivity contribution in [2.45, 2.75) is 19.3 Å². The second kappa shape index (κ2) is 3.66. The third-order valence-corrected chi connectivity index (χ3v) is 1.82. The Morgan fingerprint density at radius 2 is 2.00 bits per heavy atom. The number of hydrogen-bond donors (Lipinski definition) is 0. The minimum Gasteiger partial charge on any atom is -0.303 e. The zero-order valence-corrected chi connectivity index (χ0v) is 5.98. The van der Waals surface area contributed by atoms with E-state index in [0.717, 1.165) is 13.1 Å². The van der Waals surface area contributed by atoms with Crippen LogP contribution < -0.4 is 0 Å². The van der Waals surface area contributed by atoms with Crippen LogP contribution in [-0.4, -0.2) is 30.6 Å². The summed E-state index contributed by atoms with van der Waals surface area (Å²) in [6.45, 7) is 2.68. The van der Waals surface area contributed by atoms with E-state index in [1.54, 1.807) is 0 Å². The summed E-state index contributed by atoms with van der Waals surface area (Å²) in [6.07, 6.45) is 2.46. The average Bonchev–Trinajstić information content (AvgIpc) is 2.34. The number of nitrogens with zero attached hydrogens (tertiary/aromatic N) is 1. The largest absolute Gasteiger partial charge is 0.303 e. The minimum atomic E-state index is -1.19. The Balaban J connectivity index is 2.07. The van der Waals surface area contributed by atoms with Crippen LogP contribution in [-0.2, 0) is 4.79 Å². The summed E-state index contributed by atoms with van der Waals surface area (Å²) in [5, 5.41) is 0. The van der Waals surface area contributed by atoms with E-state index in [4.69, 9.17) is 0 Å². The van der Waals surface area contributed by atoms with Crippen LogP contribution >= 0.6 is 0 Å². The minimum absolute atomic E-state index is 0.0694. The van der Waals surface area contributed by atoms with Crippen LogP contribution in [0, 0.1) is 0 Å². The molecule has 3 heteroatoms. The molecule has 1 saturated heterocycles. The molecular formula is C7H12FNO. The molecule has 1 aliphatic heterocycles. The molecule has 0 aromatic rings. The van der Waals surface area contributed by atoms with Gasteiger partial charge in [-0.05, 0) is 25.9 Å². The number of likely N-dealkylation sites (tertiary alicyclic amines) is 1. The standard InChI is InChI=1S/C7H12FNO/c8-7(10)3-6-9-4-1-2-5-9/h1-6H2. The first-order valence-electron chi connectivity index (χ1n) is 3.70. The van der Waals surface area contributed by atoms with Gasteiger partial charge in [-0.3, -0.25) is 4.79 Å². The molecule has 0 atom stereocenters. The summed E-state index contributed by atoms with van der Waals surface area (Å²) in [5.74, 6) is 0. The van der Waals surface area contributed by atoms with E-state index in [-0.39, 0.29) is 6.42 Å². The molecular weight excluding hydrogens is 133 g/mol. The maximum Gasteiger partial charge on any atom is 0.302 e. The lowest BCUT2D eigenvalue weighted by Gasteiger charge is -2.11. The van der Waals surface area contributed by atoms with Crippen molar-refractivity contribution in [3.63, 3.8) is 0 Å². The van der Waals surface area contributed by atoms with Gasteiger partial charge >= 0.3 is 6.04 Å². The lowest BCUT2D eigenvalue weighted by Crippen LogP contribution is -2.21. The highest BCUT2D eigenvalue weighted by Crippen LogP contribution is 2.07. The average molecular weight is 145 g/mol. The zero-order valence-electron chi connectivity index (χ0n) is 5.98. The van der Waals surface area contributed by atoms with Crippen LogP contribution in [0.5, 0.6) is 0 Å². The first kappa shape index (κ1) is 7.66. The Morgan fingerprint density at radius 1 is 1.40 bits per heavy atom. The lowest BCUT2D eigenvalue weighted by molar-refractivity contribution is -0.129. The topological polar surface area (TPSA) is 20.3 Å². The number of carbonyl (C=O) groups excluding carboxylic acids is 1. The van der Waals surface area contributed by atoms with Crippen LogP contribution in [0.4, 0.5) is 4.39 Å². The SMILES string of the molecule is O=C(F)CCN1CCCC1. The number of halogens is 1. The van der Waals surface area contributed by atoms with E-state index in [2.05, 4.69) is 4.90 Å². The highest BCUT2D eigenvalue weighted by Gasteiger charge is 2.11. The molecule has 10 heavy (non-hydrogen) atoms. The fourth-order valence-corrected chi connectivity index (χ4v) is 1.25. The van der Waals surface area contributed by atoms with Crippen molar-refractivity contribution in [1.29, 1.82) is 0 Å². The molecule has 0 bridgehead atoms. The molecule has 1 fully saturated rings. The molecule has 1 aliphatic rings. The van der Waals surface area contributed by atoms with Gasteiger partial charge in [-0.1, -0.05) is 0 Å². The Bertz CT molecular complexity index is 121. The molecule has 0 N–H and O–H groups in total. The molecule has 1 heterocycles. The van der Waals surface area contributed by atoms with Gasteiger partial charge in [0.05, 0.1) is 6.42 Å². The van der Waals surface area contributed by atoms with Gasteiger partial charge < -0.3 is 4.90 Å². The van der Waals surface area contributed by atoms with Crippen molar-refractivity contribution in [1.82, 2.24) is 4.90 Å². The van der Waals surface area contributed by atoms with E-state index < -0.39 is 6.04 Å². The molecule has 2 nitrogen and oxygen atoms in total. The van der Waals surface area contributed by atoms with Gasteiger partial charge in [-0.15, -0.1) is 0 Å². The normalized spacial score (nSPS) is 19.7. The van der Waals surface area contributed by atoms with Gasteiger partial charge in [-0.25, -0.2) is 0 Å². The molecule has 58 valence electrons. The van der Waals surface area contributed by atoms with E-state index >= 15 is 0 Å². The fraction of sp³-hybridized carbons (Fsp3) is 0.857. The Hall–Kier alpha value is -0.440. The van der Waals surface area contributed by atoms with Crippen molar-refractivity contribution in [2.24, 2.45) is 0 Å². The van der Waals surface area contributed by atoms with Gasteiger partial charge in [0.2, 0.25) is 0 Å². The molecule has 0 radical (unpaired) electrons. The molecule has 0 spiro atoms. The summed E-state index contributed by atoms with van der Waals surface area (Å²) in [4.78, 5) is 12.0. The molecule has 0 unspecified atom stereocenters. The Morgan fingerprint density at radius 3 is 2.50 bits per heavy atom. The molecule has 0 saturated carbocycles. The predicted octanol–water partition coefficient (Wildman–Crippen LogP) is 0.968. The summed E-state index contributed by atoms with van der Waals surface area (Å²) < 4.78 is 11.7. The first-order chi connectivity index (χ1) is 4.79. The second-order valence-corrected chi connectivity index (χ2v) is 2.65. The van der Waals surface area contributed by atoms with Crippen molar-refractivity contribution < 1.29 is 9.18 Å². The summed E-state index contributed by atoms with van der Waals surface area (Å²) in [7, 11) is 0. The van der Waals surface area contributed by atoms with E-state index in [1.165, 1.54) is 12.8 Å². The second-order valence-electron chi connectivity index (χ2n) is 2.65. The summed E-state index contributed by atoms with van der Waals surface area (Å²) in [5.41, 5.74) is 0. The van der Waals surface area contributed by atoms with Crippen LogP contribution in [0.3, 0.4) is 0 Å². The van der Waals surface area contributed by atoms with Gasteiger partial charge in [0.15, 0.2) is 0 Å². The fourth-order valence-electron chi connectivity index (χ4n) is 1.25. The van der Waals surface area contributed by atoms with Crippen molar-refractivity contribution in [3.05, 3.63) is 0 Å². The maximum absolute atomic E-state index is 11.7. The zero-order chi connectivity index (χ0) is 7.40. The monoisotopic (exact) mass is 145 g/mol. The smallest absolute Gasteiger partial charge is 0.302 e. The van der Waals surface area contributed by atoms with Crippen molar-refractivity contribution >= 4 is 6.04 Å². The molecule has 0 aromatic heterocycles. The first-order valence-corrected chi connectivity index (χ1v) is 3.70. The third-order valence-electron chi connectivity index (χ3n) is 1.82. The van der Waals surface area contributed by atoms with Gasteiger partial charge in [-0.2, -0.15) is 4.39 Å². The molecule has 0 aromatic carbocycles. The predicted molar refractivity (Wildman–Crippen MR) is 36.4 cm³/mol. The maximum atomic E-state index is 11.7. The van der Waals surface area contributed by atoms with E-state index in [1.807, 2.05) is 0 Å². The van der Waals surface area contributed by atoms with Crippen molar-refractivity contribution in [3.8, 4) is 0 Å². The van der Waals surface area contributed by atoms with Crippen LogP contribution in [0.25, 0.3) is 0 Å². The van der Waals surface area contributed by atoms with Gasteiger partial charge in [0.1, 0.15) is 0 Å². The van der Waals surface area contributed by atoms with Crippen molar-refractivity contribution in [2.75, 3.05) is 19.6 Å². The number of rotatable bonds is 3. The number of hydrogen-bond acceptors (Lipinski definition) is 2. The van der Waals surface area contributed by atoms with Crippen LogP contribution in [0.15, 0.2) is 0 Å². The summed E-state index contributed by atoms with van der Waals surface area (Å²) >= 11 is 0. The van der Waals surface area contributed by atoms with Gasteiger partial charge in [0, 0.05) is 6.54 Å². The van der Waals surface area contributed by atoms with E-state index in [0.29, 0.717) is 6.54 Å². The third kappa shape index (κ3) is 2.43. The lowest BCUT2D eigenvalue weighted by atomic mass is 10.4. The highest BCUT2D eigenvalue weighted by atomic mass is 19.1.